The molecule has 0 saturated carbocycles. The minimum Gasteiger partial charge on any atom is -0.311 e. The second-order valence-corrected chi connectivity index (χ2v) is 4.88. The van der Waals surface area contributed by atoms with Crippen LogP contribution in [0.3, 0.4) is 0 Å². The molecule has 0 radical (unpaired) electrons. The molecule has 2 aliphatic heterocycles. The van der Waals surface area contributed by atoms with Crippen molar-refractivity contribution in [3.8, 4) is 0 Å². The van der Waals surface area contributed by atoms with Gasteiger partial charge in [-0.2, -0.15) is 0 Å². The van der Waals surface area contributed by atoms with Crippen LogP contribution in [0.15, 0.2) is 30.3 Å². The standard InChI is InChI=1S/C13H16FN/c14-13(10-4-2-1-3-5-10)8-11-6-7-12(9-13)15-11/h1-5,11-12,15H,6-9H2. The lowest BCUT2D eigenvalue weighted by Crippen LogP contribution is -2.44. The Kier molecular flexibility index (Phi) is 2.06. The number of halogens is 1. The van der Waals surface area contributed by atoms with Crippen molar-refractivity contribution in [2.75, 3.05) is 0 Å². The largest absolute Gasteiger partial charge is 0.311 e. The number of alkyl halides is 1. The van der Waals surface area contributed by atoms with E-state index < -0.39 is 5.67 Å². The molecule has 1 N–H and O–H groups in total. The summed E-state index contributed by atoms with van der Waals surface area (Å²) < 4.78 is 14.8. The molecule has 2 bridgehead atoms. The predicted molar refractivity (Wildman–Crippen MR) is 58.4 cm³/mol. The third-order valence-corrected chi connectivity index (χ3v) is 3.77. The zero-order valence-corrected chi connectivity index (χ0v) is 8.75. The van der Waals surface area contributed by atoms with Crippen LogP contribution in [0.25, 0.3) is 0 Å². The van der Waals surface area contributed by atoms with Crippen LogP contribution < -0.4 is 5.32 Å². The molecule has 0 spiro atoms. The Labute approximate surface area is 89.7 Å². The number of hydrogen-bond donors (Lipinski definition) is 1. The van der Waals surface area contributed by atoms with E-state index in [4.69, 9.17) is 0 Å². The van der Waals surface area contributed by atoms with Crippen LogP contribution in [-0.4, -0.2) is 12.1 Å². The number of benzene rings is 1. The molecule has 2 fully saturated rings. The van der Waals surface area contributed by atoms with Crippen molar-refractivity contribution >= 4 is 0 Å². The Morgan fingerprint density at radius 3 is 2.27 bits per heavy atom. The van der Waals surface area contributed by atoms with Gasteiger partial charge in [0.2, 0.25) is 0 Å². The van der Waals surface area contributed by atoms with Gasteiger partial charge in [-0.3, -0.25) is 0 Å². The minimum absolute atomic E-state index is 0.397. The Morgan fingerprint density at radius 1 is 1.07 bits per heavy atom. The Bertz CT molecular complexity index is 337. The van der Waals surface area contributed by atoms with E-state index in [1.807, 2.05) is 30.3 Å². The van der Waals surface area contributed by atoms with Crippen LogP contribution in [0.5, 0.6) is 0 Å². The number of fused-ring (bicyclic) bond motifs is 2. The van der Waals surface area contributed by atoms with Crippen molar-refractivity contribution in [2.24, 2.45) is 0 Å². The van der Waals surface area contributed by atoms with Crippen molar-refractivity contribution < 1.29 is 4.39 Å². The maximum atomic E-state index is 14.8. The van der Waals surface area contributed by atoms with Crippen LogP contribution in [0, 0.1) is 0 Å². The van der Waals surface area contributed by atoms with E-state index in [9.17, 15) is 4.39 Å². The fourth-order valence-corrected chi connectivity index (χ4v) is 3.06. The maximum absolute atomic E-state index is 14.8. The Morgan fingerprint density at radius 2 is 1.67 bits per heavy atom. The zero-order chi connectivity index (χ0) is 10.3. The molecule has 0 amide bonds. The predicted octanol–water partition coefficient (Wildman–Crippen LogP) is 2.77. The molecule has 1 aromatic rings. The summed E-state index contributed by atoms with van der Waals surface area (Å²) in [6, 6.07) is 10.4. The van der Waals surface area contributed by atoms with E-state index in [-0.39, 0.29) is 0 Å². The Balaban J connectivity index is 1.91. The third kappa shape index (κ3) is 1.57. The summed E-state index contributed by atoms with van der Waals surface area (Å²) in [6.45, 7) is 0. The molecular formula is C13H16FN. The highest BCUT2D eigenvalue weighted by Crippen LogP contribution is 2.43. The van der Waals surface area contributed by atoms with E-state index in [1.54, 1.807) is 0 Å². The SMILES string of the molecule is FC1(c2ccccc2)CC2CCC(C1)N2. The minimum atomic E-state index is -1.08. The third-order valence-electron chi connectivity index (χ3n) is 3.77. The van der Waals surface area contributed by atoms with Crippen molar-refractivity contribution in [2.45, 2.75) is 43.4 Å². The number of piperidine rings is 1. The van der Waals surface area contributed by atoms with Gasteiger partial charge in [0, 0.05) is 24.9 Å². The van der Waals surface area contributed by atoms with Gasteiger partial charge in [0.15, 0.2) is 0 Å². The van der Waals surface area contributed by atoms with Crippen LogP contribution >= 0.6 is 0 Å². The first-order valence-electron chi connectivity index (χ1n) is 5.77. The van der Waals surface area contributed by atoms with Crippen LogP contribution in [0.2, 0.25) is 0 Å². The Hall–Kier alpha value is -0.890. The topological polar surface area (TPSA) is 12.0 Å². The highest BCUT2D eigenvalue weighted by Gasteiger charge is 2.44. The van der Waals surface area contributed by atoms with Crippen LogP contribution in [0.4, 0.5) is 4.39 Å². The van der Waals surface area contributed by atoms with E-state index in [0.29, 0.717) is 24.9 Å². The van der Waals surface area contributed by atoms with Gasteiger partial charge < -0.3 is 5.32 Å². The van der Waals surface area contributed by atoms with Crippen molar-refractivity contribution in [3.63, 3.8) is 0 Å². The molecule has 80 valence electrons. The van der Waals surface area contributed by atoms with Gasteiger partial charge in [-0.05, 0) is 18.4 Å². The molecule has 2 aliphatic rings. The summed E-state index contributed by atoms with van der Waals surface area (Å²) in [4.78, 5) is 0. The highest BCUT2D eigenvalue weighted by molar-refractivity contribution is 5.24. The molecule has 1 aromatic carbocycles. The first kappa shape index (κ1) is 9.34. The summed E-state index contributed by atoms with van der Waals surface area (Å²) in [5, 5.41) is 3.48. The van der Waals surface area contributed by atoms with Crippen molar-refractivity contribution in [3.05, 3.63) is 35.9 Å². The summed E-state index contributed by atoms with van der Waals surface area (Å²) in [6.07, 6.45) is 3.58. The first-order valence-corrected chi connectivity index (χ1v) is 5.77. The smallest absolute Gasteiger partial charge is 0.139 e. The maximum Gasteiger partial charge on any atom is 0.139 e. The number of rotatable bonds is 1. The van der Waals surface area contributed by atoms with Gasteiger partial charge in [0.25, 0.3) is 0 Å². The van der Waals surface area contributed by atoms with E-state index >= 15 is 0 Å². The lowest BCUT2D eigenvalue weighted by Gasteiger charge is -2.35. The van der Waals surface area contributed by atoms with Gasteiger partial charge in [-0.1, -0.05) is 30.3 Å². The summed E-state index contributed by atoms with van der Waals surface area (Å²) in [5.74, 6) is 0. The van der Waals surface area contributed by atoms with Crippen LogP contribution in [-0.2, 0) is 5.67 Å². The molecule has 2 heteroatoms. The van der Waals surface area contributed by atoms with Gasteiger partial charge >= 0.3 is 0 Å². The van der Waals surface area contributed by atoms with Gasteiger partial charge in [0.05, 0.1) is 0 Å². The molecule has 15 heavy (non-hydrogen) atoms. The molecule has 1 nitrogen and oxygen atoms in total. The molecule has 2 unspecified atom stereocenters. The molecule has 2 heterocycles. The first-order chi connectivity index (χ1) is 7.26. The average molecular weight is 205 g/mol. The molecule has 2 atom stereocenters. The van der Waals surface area contributed by atoms with Crippen molar-refractivity contribution in [1.29, 1.82) is 0 Å². The van der Waals surface area contributed by atoms with Gasteiger partial charge in [0.1, 0.15) is 5.67 Å². The molecule has 2 saturated heterocycles. The average Bonchev–Trinajstić information content (AvgIpc) is 2.60. The fraction of sp³-hybridized carbons (Fsp3) is 0.538. The lowest BCUT2D eigenvalue weighted by molar-refractivity contribution is 0.0874. The molecule has 0 aromatic heterocycles. The van der Waals surface area contributed by atoms with Gasteiger partial charge in [-0.25, -0.2) is 4.39 Å². The quantitative estimate of drug-likeness (QED) is 0.743. The second-order valence-electron chi connectivity index (χ2n) is 4.88. The normalized spacial score (nSPS) is 39.3. The van der Waals surface area contributed by atoms with Crippen molar-refractivity contribution in [1.82, 2.24) is 5.32 Å². The van der Waals surface area contributed by atoms with Crippen LogP contribution in [0.1, 0.15) is 31.2 Å². The fourth-order valence-electron chi connectivity index (χ4n) is 3.06. The molecular weight excluding hydrogens is 189 g/mol. The van der Waals surface area contributed by atoms with E-state index in [2.05, 4.69) is 5.32 Å². The monoisotopic (exact) mass is 205 g/mol. The summed E-state index contributed by atoms with van der Waals surface area (Å²) >= 11 is 0. The molecule has 0 aliphatic carbocycles. The van der Waals surface area contributed by atoms with E-state index in [0.717, 1.165) is 18.4 Å². The number of hydrogen-bond acceptors (Lipinski definition) is 1. The second kappa shape index (κ2) is 3.31. The summed E-state index contributed by atoms with van der Waals surface area (Å²) in [7, 11) is 0. The lowest BCUT2D eigenvalue weighted by atomic mass is 9.83. The van der Waals surface area contributed by atoms with E-state index in [1.165, 1.54) is 0 Å². The summed E-state index contributed by atoms with van der Waals surface area (Å²) in [5.41, 5.74) is -0.221. The molecule has 3 rings (SSSR count). The zero-order valence-electron chi connectivity index (χ0n) is 8.75. The highest BCUT2D eigenvalue weighted by atomic mass is 19.1. The number of nitrogens with one attached hydrogen (secondary N) is 1. The van der Waals surface area contributed by atoms with Gasteiger partial charge in [-0.15, -0.1) is 0 Å².